The Balaban J connectivity index is 1.89. The molecule has 0 atom stereocenters. The molecule has 1 aliphatic heterocycles. The van der Waals surface area contributed by atoms with Crippen LogP contribution in [-0.2, 0) is 4.43 Å². The van der Waals surface area contributed by atoms with Gasteiger partial charge in [-0.05, 0) is 42.4 Å². The number of halogens is 1. The Kier molecular flexibility index (Phi) is 5.58. The van der Waals surface area contributed by atoms with E-state index in [1.807, 2.05) is 34.1 Å². The van der Waals surface area contributed by atoms with Crippen LogP contribution in [0.15, 0.2) is 28.7 Å². The van der Waals surface area contributed by atoms with E-state index in [-0.39, 0.29) is 11.1 Å². The van der Waals surface area contributed by atoms with E-state index < -0.39 is 8.32 Å². The van der Waals surface area contributed by atoms with E-state index in [9.17, 15) is 4.79 Å². The van der Waals surface area contributed by atoms with Gasteiger partial charge in [-0.25, -0.2) is 4.79 Å². The van der Waals surface area contributed by atoms with Crippen LogP contribution < -0.4 is 4.90 Å². The lowest BCUT2D eigenvalue weighted by molar-refractivity contribution is 0.200. The van der Waals surface area contributed by atoms with E-state index in [0.29, 0.717) is 13.2 Å². The molecular weight excluding hydrogens is 372 g/mol. The summed E-state index contributed by atoms with van der Waals surface area (Å²) < 4.78 is 7.20. The van der Waals surface area contributed by atoms with Crippen LogP contribution in [0.3, 0.4) is 0 Å². The number of amides is 2. The molecule has 0 saturated carbocycles. The van der Waals surface area contributed by atoms with E-state index >= 15 is 0 Å². The normalized spacial score (nSPS) is 16.3. The highest BCUT2D eigenvalue weighted by molar-refractivity contribution is 9.10. The van der Waals surface area contributed by atoms with E-state index in [1.54, 1.807) is 0 Å². The molecule has 1 aliphatic rings. The molecule has 0 aromatic heterocycles. The molecule has 0 unspecified atom stereocenters. The molecular formula is C17H27BrN2O2Si. The summed E-state index contributed by atoms with van der Waals surface area (Å²) in [7, 11) is -1.74. The zero-order chi connectivity index (χ0) is 17.3. The van der Waals surface area contributed by atoms with Crippen molar-refractivity contribution in [2.24, 2.45) is 0 Å². The first-order chi connectivity index (χ1) is 10.6. The molecule has 1 saturated heterocycles. The standard InChI is InChI=1S/C17H27BrN2O2Si/c1-17(2,3)23(4,5)22-13-12-19-10-11-20(16(19)21)15-8-6-14(18)7-9-15/h6-9H,10-13H2,1-5H3. The summed E-state index contributed by atoms with van der Waals surface area (Å²) in [5, 5.41) is 0.200. The predicted octanol–water partition coefficient (Wildman–Crippen LogP) is 4.71. The highest BCUT2D eigenvalue weighted by atomic mass is 79.9. The largest absolute Gasteiger partial charge is 0.415 e. The fourth-order valence-electron chi connectivity index (χ4n) is 2.28. The average molecular weight is 399 g/mol. The highest BCUT2D eigenvalue weighted by Crippen LogP contribution is 2.36. The Morgan fingerprint density at radius 1 is 1.17 bits per heavy atom. The van der Waals surface area contributed by atoms with Crippen molar-refractivity contribution in [3.8, 4) is 0 Å². The molecule has 0 bridgehead atoms. The first kappa shape index (κ1) is 18.5. The Morgan fingerprint density at radius 3 is 2.35 bits per heavy atom. The molecule has 2 amide bonds. The Morgan fingerprint density at radius 2 is 1.78 bits per heavy atom. The summed E-state index contributed by atoms with van der Waals surface area (Å²) in [4.78, 5) is 16.3. The number of hydrogen-bond acceptors (Lipinski definition) is 2. The molecule has 0 aliphatic carbocycles. The van der Waals surface area contributed by atoms with E-state index in [4.69, 9.17) is 4.43 Å². The molecule has 6 heteroatoms. The van der Waals surface area contributed by atoms with Gasteiger partial charge in [0, 0.05) is 29.8 Å². The monoisotopic (exact) mass is 398 g/mol. The summed E-state index contributed by atoms with van der Waals surface area (Å²) in [6, 6.07) is 7.94. The van der Waals surface area contributed by atoms with Gasteiger partial charge in [0.05, 0.1) is 6.61 Å². The maximum Gasteiger partial charge on any atom is 0.324 e. The number of hydrogen-bond donors (Lipinski definition) is 0. The van der Waals surface area contributed by atoms with Gasteiger partial charge in [0.25, 0.3) is 0 Å². The van der Waals surface area contributed by atoms with Crippen LogP contribution in [0, 0.1) is 0 Å². The molecule has 0 spiro atoms. The van der Waals surface area contributed by atoms with Gasteiger partial charge in [0.1, 0.15) is 0 Å². The second kappa shape index (κ2) is 6.95. The fourth-order valence-corrected chi connectivity index (χ4v) is 3.58. The van der Waals surface area contributed by atoms with Gasteiger partial charge < -0.3 is 9.33 Å². The zero-order valence-electron chi connectivity index (χ0n) is 14.7. The number of urea groups is 1. The minimum Gasteiger partial charge on any atom is -0.415 e. The molecule has 1 fully saturated rings. The molecule has 23 heavy (non-hydrogen) atoms. The predicted molar refractivity (Wildman–Crippen MR) is 102 cm³/mol. The third kappa shape index (κ3) is 4.36. The smallest absolute Gasteiger partial charge is 0.324 e. The second-order valence-electron chi connectivity index (χ2n) is 7.51. The van der Waals surface area contributed by atoms with Crippen molar-refractivity contribution in [1.29, 1.82) is 0 Å². The van der Waals surface area contributed by atoms with Crippen LogP contribution in [0.25, 0.3) is 0 Å². The number of anilines is 1. The van der Waals surface area contributed by atoms with Gasteiger partial charge in [0.2, 0.25) is 0 Å². The lowest BCUT2D eigenvalue weighted by Gasteiger charge is -2.36. The third-order valence-corrected chi connectivity index (χ3v) is 9.93. The summed E-state index contributed by atoms with van der Waals surface area (Å²) in [6.45, 7) is 14.0. The molecule has 4 nitrogen and oxygen atoms in total. The van der Waals surface area contributed by atoms with Crippen LogP contribution in [0.1, 0.15) is 20.8 Å². The third-order valence-electron chi connectivity index (χ3n) is 4.86. The first-order valence-electron chi connectivity index (χ1n) is 8.08. The van der Waals surface area contributed by atoms with Crippen molar-refractivity contribution >= 4 is 36.0 Å². The topological polar surface area (TPSA) is 32.8 Å². The molecule has 0 N–H and O–H groups in total. The van der Waals surface area contributed by atoms with Crippen molar-refractivity contribution in [3.63, 3.8) is 0 Å². The molecule has 1 aromatic rings. The van der Waals surface area contributed by atoms with Crippen molar-refractivity contribution in [1.82, 2.24) is 4.90 Å². The number of nitrogens with zero attached hydrogens (tertiary/aromatic N) is 2. The van der Waals surface area contributed by atoms with Crippen LogP contribution in [0.2, 0.25) is 18.1 Å². The van der Waals surface area contributed by atoms with Crippen LogP contribution >= 0.6 is 15.9 Å². The van der Waals surface area contributed by atoms with Crippen molar-refractivity contribution in [3.05, 3.63) is 28.7 Å². The lowest BCUT2D eigenvalue weighted by Crippen LogP contribution is -2.43. The average Bonchev–Trinajstić information content (AvgIpc) is 2.80. The van der Waals surface area contributed by atoms with Crippen LogP contribution in [0.5, 0.6) is 0 Å². The van der Waals surface area contributed by atoms with E-state index in [0.717, 1.165) is 23.2 Å². The SMILES string of the molecule is CC(C)(C)[Si](C)(C)OCCN1CCN(c2ccc(Br)cc2)C1=O. The van der Waals surface area contributed by atoms with Crippen molar-refractivity contribution < 1.29 is 9.22 Å². The number of carbonyl (C=O) groups excluding carboxylic acids is 1. The molecule has 1 heterocycles. The second-order valence-corrected chi connectivity index (χ2v) is 13.2. The van der Waals surface area contributed by atoms with Crippen molar-refractivity contribution in [2.45, 2.75) is 38.9 Å². The number of carbonyl (C=O) groups is 1. The Bertz CT molecular complexity index is 555. The van der Waals surface area contributed by atoms with Gasteiger partial charge in [0.15, 0.2) is 8.32 Å². The maximum absolute atomic E-state index is 12.5. The first-order valence-corrected chi connectivity index (χ1v) is 11.8. The van der Waals surface area contributed by atoms with Crippen molar-refractivity contribution in [2.75, 3.05) is 31.1 Å². The zero-order valence-corrected chi connectivity index (χ0v) is 17.3. The van der Waals surface area contributed by atoms with Crippen LogP contribution in [-0.4, -0.2) is 45.5 Å². The summed E-state index contributed by atoms with van der Waals surface area (Å²) in [5.41, 5.74) is 0.950. The lowest BCUT2D eigenvalue weighted by atomic mass is 10.2. The van der Waals surface area contributed by atoms with E-state index in [2.05, 4.69) is 49.8 Å². The molecule has 1 aromatic carbocycles. The quantitative estimate of drug-likeness (QED) is 0.672. The van der Waals surface area contributed by atoms with Gasteiger partial charge in [-0.2, -0.15) is 0 Å². The minimum atomic E-state index is -1.74. The van der Waals surface area contributed by atoms with Gasteiger partial charge >= 0.3 is 6.03 Å². The summed E-state index contributed by atoms with van der Waals surface area (Å²) in [5.74, 6) is 0. The minimum absolute atomic E-state index is 0.0751. The van der Waals surface area contributed by atoms with Gasteiger partial charge in [-0.3, -0.25) is 4.90 Å². The summed E-state index contributed by atoms with van der Waals surface area (Å²) >= 11 is 3.42. The summed E-state index contributed by atoms with van der Waals surface area (Å²) in [6.07, 6.45) is 0. The number of rotatable bonds is 5. The van der Waals surface area contributed by atoms with Crippen LogP contribution in [0.4, 0.5) is 10.5 Å². The fraction of sp³-hybridized carbons (Fsp3) is 0.588. The van der Waals surface area contributed by atoms with E-state index in [1.165, 1.54) is 0 Å². The molecule has 128 valence electrons. The highest BCUT2D eigenvalue weighted by Gasteiger charge is 2.37. The van der Waals surface area contributed by atoms with Gasteiger partial charge in [-0.15, -0.1) is 0 Å². The molecule has 2 rings (SSSR count). The maximum atomic E-state index is 12.5. The Labute approximate surface area is 149 Å². The van der Waals surface area contributed by atoms with Gasteiger partial charge in [-0.1, -0.05) is 36.7 Å². The molecule has 0 radical (unpaired) electrons. The Hall–Kier alpha value is -0.853. The number of benzene rings is 1.